The van der Waals surface area contributed by atoms with Gasteiger partial charge in [0.15, 0.2) is 0 Å². The maximum atomic E-state index is 11.5. The van der Waals surface area contributed by atoms with E-state index >= 15 is 0 Å². The number of carbonyl (C=O) groups is 2. The van der Waals surface area contributed by atoms with E-state index in [9.17, 15) is 9.59 Å². The fourth-order valence-corrected chi connectivity index (χ4v) is 1.56. The van der Waals surface area contributed by atoms with Gasteiger partial charge in [-0.3, -0.25) is 4.79 Å². The molecule has 16 heavy (non-hydrogen) atoms. The van der Waals surface area contributed by atoms with E-state index in [-0.39, 0.29) is 22.0 Å². The molecule has 0 heterocycles. The van der Waals surface area contributed by atoms with Crippen molar-refractivity contribution in [1.29, 1.82) is 0 Å². The zero-order valence-electron chi connectivity index (χ0n) is 8.20. The molecule has 0 aliphatic heterocycles. The average Bonchev–Trinajstić information content (AvgIpc) is 2.17. The fourth-order valence-electron chi connectivity index (χ4n) is 1.01. The molecule has 0 atom stereocenters. The normalized spacial score (nSPS) is 9.62. The number of carbonyl (C=O) groups excluding carboxylic acids is 2. The average molecular weight is 259 g/mol. The van der Waals surface area contributed by atoms with Crippen LogP contribution in [-0.4, -0.2) is 11.9 Å². The van der Waals surface area contributed by atoms with Crippen LogP contribution in [0.4, 0.5) is 0 Å². The van der Waals surface area contributed by atoms with Crippen LogP contribution in [0.3, 0.4) is 0 Å². The Labute approximate surface area is 103 Å². The van der Waals surface area contributed by atoms with E-state index < -0.39 is 11.9 Å². The lowest BCUT2D eigenvalue weighted by molar-refractivity contribution is -0.136. The molecule has 1 rings (SSSR count). The number of hydrogen-bond donors (Lipinski definition) is 0. The van der Waals surface area contributed by atoms with Gasteiger partial charge in [0.05, 0.1) is 22.0 Å². The maximum absolute atomic E-state index is 11.5. The number of hydrogen-bond acceptors (Lipinski definition) is 3. The Morgan fingerprint density at radius 2 is 1.88 bits per heavy atom. The summed E-state index contributed by atoms with van der Waals surface area (Å²) in [6, 6.07) is 4.57. The first-order valence-electron chi connectivity index (χ1n) is 4.36. The van der Waals surface area contributed by atoms with Gasteiger partial charge >= 0.3 is 11.9 Å². The summed E-state index contributed by atoms with van der Waals surface area (Å²) in [4.78, 5) is 22.6. The number of halogens is 2. The Kier molecular flexibility index (Phi) is 4.52. The molecule has 84 valence electrons. The minimum atomic E-state index is -0.859. The molecular formula is C11H8Cl2O3. The van der Waals surface area contributed by atoms with Crippen molar-refractivity contribution in [3.63, 3.8) is 0 Å². The lowest BCUT2D eigenvalue weighted by Crippen LogP contribution is -2.12. The zero-order chi connectivity index (χ0) is 12.1. The molecule has 0 aliphatic carbocycles. The molecule has 0 saturated carbocycles. The second kappa shape index (κ2) is 5.68. The third-order valence-corrected chi connectivity index (χ3v) is 2.31. The minimum Gasteiger partial charge on any atom is -0.389 e. The molecule has 3 nitrogen and oxygen atoms in total. The summed E-state index contributed by atoms with van der Waals surface area (Å²) in [7, 11) is 0. The molecule has 0 spiro atoms. The molecule has 5 heteroatoms. The van der Waals surface area contributed by atoms with E-state index in [0.29, 0.717) is 0 Å². The van der Waals surface area contributed by atoms with Crippen LogP contribution >= 0.6 is 23.2 Å². The summed E-state index contributed by atoms with van der Waals surface area (Å²) in [5, 5.41) is 0.285. The van der Waals surface area contributed by atoms with Gasteiger partial charge in [-0.2, -0.15) is 0 Å². The number of benzene rings is 1. The van der Waals surface area contributed by atoms with Crippen molar-refractivity contribution in [2.45, 2.75) is 6.42 Å². The van der Waals surface area contributed by atoms with Crippen molar-refractivity contribution in [2.75, 3.05) is 0 Å². The number of rotatable bonds is 3. The molecule has 0 unspecified atom stereocenters. The molecule has 0 fully saturated rings. The Hall–Kier alpha value is -1.32. The highest BCUT2D eigenvalue weighted by molar-refractivity contribution is 6.39. The van der Waals surface area contributed by atoms with Gasteiger partial charge in [0.25, 0.3) is 0 Å². The first kappa shape index (κ1) is 12.7. The van der Waals surface area contributed by atoms with Crippen LogP contribution in [0.5, 0.6) is 0 Å². The Bertz CT molecular complexity index is 421. The van der Waals surface area contributed by atoms with E-state index in [1.54, 1.807) is 6.07 Å². The first-order chi connectivity index (χ1) is 7.56. The van der Waals surface area contributed by atoms with Gasteiger partial charge in [-0.1, -0.05) is 35.3 Å². The molecule has 1 aromatic carbocycles. The van der Waals surface area contributed by atoms with E-state index in [1.165, 1.54) is 18.2 Å². The van der Waals surface area contributed by atoms with Gasteiger partial charge < -0.3 is 4.74 Å². The predicted molar refractivity (Wildman–Crippen MR) is 61.7 cm³/mol. The molecule has 0 aliphatic rings. The first-order valence-corrected chi connectivity index (χ1v) is 5.11. The van der Waals surface area contributed by atoms with Gasteiger partial charge in [0.1, 0.15) is 0 Å². The van der Waals surface area contributed by atoms with Crippen molar-refractivity contribution in [3.05, 3.63) is 46.5 Å². The van der Waals surface area contributed by atoms with Crippen molar-refractivity contribution in [1.82, 2.24) is 0 Å². The highest BCUT2D eigenvalue weighted by atomic mass is 35.5. The number of ether oxygens (including phenoxy) is 1. The third kappa shape index (κ3) is 3.08. The Balaban J connectivity index is 2.89. The lowest BCUT2D eigenvalue weighted by atomic mass is 10.2. The molecule has 0 saturated heterocycles. The van der Waals surface area contributed by atoms with Crippen molar-refractivity contribution in [3.8, 4) is 0 Å². The van der Waals surface area contributed by atoms with Crippen molar-refractivity contribution >= 4 is 35.1 Å². The maximum Gasteiger partial charge on any atom is 0.348 e. The largest absolute Gasteiger partial charge is 0.389 e. The van der Waals surface area contributed by atoms with E-state index in [4.69, 9.17) is 23.2 Å². The summed E-state index contributed by atoms with van der Waals surface area (Å²) in [5.74, 6) is -1.56. The van der Waals surface area contributed by atoms with Gasteiger partial charge in [-0.25, -0.2) is 4.79 Å². The summed E-state index contributed by atoms with van der Waals surface area (Å²) in [5.41, 5.74) is -0.0109. The summed E-state index contributed by atoms with van der Waals surface area (Å²) in [6.07, 6.45) is 1.29. The smallest absolute Gasteiger partial charge is 0.348 e. The van der Waals surface area contributed by atoms with Crippen molar-refractivity contribution in [2.24, 2.45) is 0 Å². The van der Waals surface area contributed by atoms with Crippen molar-refractivity contribution < 1.29 is 14.3 Å². The van der Waals surface area contributed by atoms with Crippen LogP contribution in [0.2, 0.25) is 10.0 Å². The SMILES string of the molecule is C=CCC(=O)OC(=O)c1c(Cl)cccc1Cl. The van der Waals surface area contributed by atoms with Gasteiger partial charge in [-0.15, -0.1) is 6.58 Å². The highest BCUT2D eigenvalue weighted by Crippen LogP contribution is 2.24. The predicted octanol–water partition coefficient (Wildman–Crippen LogP) is 3.25. The second-order valence-corrected chi connectivity index (χ2v) is 3.67. The van der Waals surface area contributed by atoms with Crippen LogP contribution < -0.4 is 0 Å². The molecule has 0 N–H and O–H groups in total. The van der Waals surface area contributed by atoms with Crippen LogP contribution in [0.1, 0.15) is 16.8 Å². The van der Waals surface area contributed by atoms with E-state index in [1.807, 2.05) is 0 Å². The standard InChI is InChI=1S/C11H8Cl2O3/c1-2-4-9(14)16-11(15)10-7(12)5-3-6-8(10)13/h2-3,5-6H,1,4H2. The second-order valence-electron chi connectivity index (χ2n) is 2.85. The Morgan fingerprint density at radius 1 is 1.31 bits per heavy atom. The topological polar surface area (TPSA) is 43.4 Å². The van der Waals surface area contributed by atoms with Crippen LogP contribution in [0.15, 0.2) is 30.9 Å². The summed E-state index contributed by atoms with van der Waals surface area (Å²) < 4.78 is 4.52. The van der Waals surface area contributed by atoms with E-state index in [2.05, 4.69) is 11.3 Å². The van der Waals surface area contributed by atoms with Crippen LogP contribution in [0, 0.1) is 0 Å². The molecule has 0 bridgehead atoms. The molecule has 0 radical (unpaired) electrons. The lowest BCUT2D eigenvalue weighted by Gasteiger charge is -2.05. The van der Waals surface area contributed by atoms with E-state index in [0.717, 1.165) is 0 Å². The summed E-state index contributed by atoms with van der Waals surface area (Å²) in [6.45, 7) is 3.35. The van der Waals surface area contributed by atoms with Gasteiger partial charge in [0, 0.05) is 0 Å². The minimum absolute atomic E-state index is 0.0109. The fraction of sp³-hybridized carbons (Fsp3) is 0.0909. The zero-order valence-corrected chi connectivity index (χ0v) is 9.72. The van der Waals surface area contributed by atoms with Gasteiger partial charge in [0.2, 0.25) is 0 Å². The quantitative estimate of drug-likeness (QED) is 0.475. The van der Waals surface area contributed by atoms with Crippen LogP contribution in [0.25, 0.3) is 0 Å². The number of esters is 2. The Morgan fingerprint density at radius 3 is 2.38 bits per heavy atom. The monoisotopic (exact) mass is 258 g/mol. The van der Waals surface area contributed by atoms with Crippen LogP contribution in [-0.2, 0) is 9.53 Å². The molecular weight excluding hydrogens is 251 g/mol. The summed E-state index contributed by atoms with van der Waals surface area (Å²) >= 11 is 11.5. The molecule has 0 amide bonds. The highest BCUT2D eigenvalue weighted by Gasteiger charge is 2.18. The third-order valence-electron chi connectivity index (χ3n) is 1.68. The van der Waals surface area contributed by atoms with Gasteiger partial charge in [-0.05, 0) is 12.1 Å². The molecule has 1 aromatic rings. The molecule has 0 aromatic heterocycles.